The molecule has 5 nitrogen and oxygen atoms in total. The van der Waals surface area contributed by atoms with Gasteiger partial charge in [0.25, 0.3) is 5.91 Å². The molecule has 2 aromatic rings. The lowest BCUT2D eigenvalue weighted by molar-refractivity contribution is 0.102. The molecule has 1 aliphatic rings. The van der Waals surface area contributed by atoms with Crippen molar-refractivity contribution in [1.82, 2.24) is 4.98 Å². The van der Waals surface area contributed by atoms with E-state index in [0.29, 0.717) is 23.7 Å². The van der Waals surface area contributed by atoms with E-state index in [1.165, 1.54) is 6.20 Å². The van der Waals surface area contributed by atoms with Gasteiger partial charge < -0.3 is 15.8 Å². The summed E-state index contributed by atoms with van der Waals surface area (Å²) in [4.78, 5) is 16.1. The standard InChI is InChI=1S/C14H13N3O2/c15-11-2-4-13(16-8-11)17-14(18)10-1-3-12-9(7-10)5-6-19-12/h1-4,7-8H,5-6,15H2,(H,16,17,18). The van der Waals surface area contributed by atoms with Crippen LogP contribution in [-0.2, 0) is 6.42 Å². The van der Waals surface area contributed by atoms with Gasteiger partial charge in [-0.15, -0.1) is 0 Å². The molecule has 96 valence electrons. The molecule has 0 spiro atoms. The Hall–Kier alpha value is -2.56. The lowest BCUT2D eigenvalue weighted by Crippen LogP contribution is -2.13. The molecule has 3 N–H and O–H groups in total. The van der Waals surface area contributed by atoms with Crippen molar-refractivity contribution < 1.29 is 9.53 Å². The smallest absolute Gasteiger partial charge is 0.256 e. The van der Waals surface area contributed by atoms with Crippen LogP contribution in [0.5, 0.6) is 5.75 Å². The minimum absolute atomic E-state index is 0.188. The summed E-state index contributed by atoms with van der Waals surface area (Å²) >= 11 is 0. The number of carbonyl (C=O) groups excluding carboxylic acids is 1. The Balaban J connectivity index is 1.78. The van der Waals surface area contributed by atoms with Crippen LogP contribution >= 0.6 is 0 Å². The van der Waals surface area contributed by atoms with E-state index in [0.717, 1.165) is 17.7 Å². The van der Waals surface area contributed by atoms with E-state index in [2.05, 4.69) is 10.3 Å². The van der Waals surface area contributed by atoms with Gasteiger partial charge in [-0.2, -0.15) is 0 Å². The van der Waals surface area contributed by atoms with Crippen LogP contribution in [0.25, 0.3) is 0 Å². The molecule has 1 aromatic heterocycles. The van der Waals surface area contributed by atoms with Gasteiger partial charge in [0, 0.05) is 12.0 Å². The van der Waals surface area contributed by atoms with Crippen molar-refractivity contribution in [3.05, 3.63) is 47.7 Å². The van der Waals surface area contributed by atoms with Gasteiger partial charge in [0.15, 0.2) is 0 Å². The number of nitrogens with one attached hydrogen (secondary N) is 1. The molecule has 0 unspecified atom stereocenters. The first-order valence-corrected chi connectivity index (χ1v) is 6.01. The highest BCUT2D eigenvalue weighted by atomic mass is 16.5. The number of pyridine rings is 1. The normalized spacial score (nSPS) is 12.6. The summed E-state index contributed by atoms with van der Waals surface area (Å²) in [6.07, 6.45) is 2.35. The van der Waals surface area contributed by atoms with E-state index in [1.54, 1.807) is 18.2 Å². The van der Waals surface area contributed by atoms with Gasteiger partial charge in [-0.25, -0.2) is 4.98 Å². The van der Waals surface area contributed by atoms with E-state index in [9.17, 15) is 4.79 Å². The predicted octanol–water partition coefficient (Wildman–Crippen LogP) is 1.85. The summed E-state index contributed by atoms with van der Waals surface area (Å²) in [7, 11) is 0. The number of carbonyl (C=O) groups is 1. The molecule has 0 saturated heterocycles. The maximum atomic E-state index is 12.1. The molecule has 1 aromatic carbocycles. The van der Waals surface area contributed by atoms with Crippen molar-refractivity contribution in [2.24, 2.45) is 0 Å². The van der Waals surface area contributed by atoms with Crippen LogP contribution in [0.2, 0.25) is 0 Å². The number of nitrogen functional groups attached to an aromatic ring is 1. The van der Waals surface area contributed by atoms with Crippen LogP contribution in [0.4, 0.5) is 11.5 Å². The fraction of sp³-hybridized carbons (Fsp3) is 0.143. The number of rotatable bonds is 2. The molecular weight excluding hydrogens is 242 g/mol. The van der Waals surface area contributed by atoms with Gasteiger partial charge in [0.05, 0.1) is 18.5 Å². The maximum Gasteiger partial charge on any atom is 0.256 e. The number of hydrogen-bond acceptors (Lipinski definition) is 4. The van der Waals surface area contributed by atoms with Gasteiger partial charge >= 0.3 is 0 Å². The van der Waals surface area contributed by atoms with Gasteiger partial charge in [0.1, 0.15) is 11.6 Å². The molecule has 0 radical (unpaired) electrons. The number of amides is 1. The number of fused-ring (bicyclic) bond motifs is 1. The maximum absolute atomic E-state index is 12.1. The van der Waals surface area contributed by atoms with Crippen LogP contribution in [-0.4, -0.2) is 17.5 Å². The molecule has 0 atom stereocenters. The lowest BCUT2D eigenvalue weighted by atomic mass is 10.1. The van der Waals surface area contributed by atoms with Crippen LogP contribution in [0.3, 0.4) is 0 Å². The second-order valence-corrected chi connectivity index (χ2v) is 4.35. The van der Waals surface area contributed by atoms with Crippen molar-refractivity contribution in [2.45, 2.75) is 6.42 Å². The molecule has 19 heavy (non-hydrogen) atoms. The molecule has 1 amide bonds. The summed E-state index contributed by atoms with van der Waals surface area (Å²) < 4.78 is 5.41. The fourth-order valence-electron chi connectivity index (χ4n) is 2.00. The number of anilines is 2. The quantitative estimate of drug-likeness (QED) is 0.858. The average Bonchev–Trinajstić information content (AvgIpc) is 2.88. The summed E-state index contributed by atoms with van der Waals surface area (Å²) in [5.41, 5.74) is 7.77. The first kappa shape index (κ1) is 11.5. The van der Waals surface area contributed by atoms with Crippen molar-refractivity contribution in [3.63, 3.8) is 0 Å². The van der Waals surface area contributed by atoms with Crippen LogP contribution in [0.15, 0.2) is 36.5 Å². The second-order valence-electron chi connectivity index (χ2n) is 4.35. The topological polar surface area (TPSA) is 77.2 Å². The number of nitrogens with zero attached hydrogens (tertiary/aromatic N) is 1. The molecule has 0 saturated carbocycles. The zero-order valence-corrected chi connectivity index (χ0v) is 10.2. The average molecular weight is 255 g/mol. The highest BCUT2D eigenvalue weighted by Crippen LogP contribution is 2.26. The van der Waals surface area contributed by atoms with Crippen LogP contribution in [0, 0.1) is 0 Å². The van der Waals surface area contributed by atoms with E-state index in [1.807, 2.05) is 12.1 Å². The molecule has 0 aliphatic carbocycles. The zero-order chi connectivity index (χ0) is 13.2. The number of hydrogen-bond donors (Lipinski definition) is 2. The van der Waals surface area contributed by atoms with E-state index in [-0.39, 0.29) is 5.91 Å². The number of aromatic nitrogens is 1. The molecule has 0 bridgehead atoms. The fourth-order valence-corrected chi connectivity index (χ4v) is 2.00. The Morgan fingerprint density at radius 1 is 1.32 bits per heavy atom. The molecule has 3 rings (SSSR count). The molecule has 5 heteroatoms. The summed E-state index contributed by atoms with van der Waals surface area (Å²) in [6.45, 7) is 0.680. The third-order valence-electron chi connectivity index (χ3n) is 2.98. The number of ether oxygens (including phenoxy) is 1. The van der Waals surface area contributed by atoms with E-state index >= 15 is 0 Å². The third kappa shape index (κ3) is 2.35. The van der Waals surface area contributed by atoms with Gasteiger partial charge in [-0.1, -0.05) is 0 Å². The van der Waals surface area contributed by atoms with Crippen LogP contribution in [0.1, 0.15) is 15.9 Å². The third-order valence-corrected chi connectivity index (χ3v) is 2.98. The Bertz CT molecular complexity index is 623. The Kier molecular flexibility index (Phi) is 2.79. The predicted molar refractivity (Wildman–Crippen MR) is 72.2 cm³/mol. The van der Waals surface area contributed by atoms with Gasteiger partial charge in [-0.05, 0) is 35.9 Å². The van der Waals surface area contributed by atoms with E-state index in [4.69, 9.17) is 10.5 Å². The Morgan fingerprint density at radius 3 is 3.00 bits per heavy atom. The van der Waals surface area contributed by atoms with Crippen molar-refractivity contribution >= 4 is 17.4 Å². The molecule has 2 heterocycles. The highest BCUT2D eigenvalue weighted by Gasteiger charge is 2.15. The first-order chi connectivity index (χ1) is 9.22. The summed E-state index contributed by atoms with van der Waals surface area (Å²) in [5.74, 6) is 1.16. The first-order valence-electron chi connectivity index (χ1n) is 6.01. The van der Waals surface area contributed by atoms with Crippen molar-refractivity contribution in [1.29, 1.82) is 0 Å². The monoisotopic (exact) mass is 255 g/mol. The zero-order valence-electron chi connectivity index (χ0n) is 10.2. The SMILES string of the molecule is Nc1ccc(NC(=O)c2ccc3c(c2)CCO3)nc1. The second kappa shape index (κ2) is 4.61. The highest BCUT2D eigenvalue weighted by molar-refractivity contribution is 6.04. The minimum atomic E-state index is -0.188. The molecule has 1 aliphatic heterocycles. The Labute approximate surface area is 110 Å². The van der Waals surface area contributed by atoms with Crippen LogP contribution < -0.4 is 15.8 Å². The molecular formula is C14H13N3O2. The van der Waals surface area contributed by atoms with Crippen molar-refractivity contribution in [2.75, 3.05) is 17.7 Å². The molecule has 0 fully saturated rings. The van der Waals surface area contributed by atoms with Gasteiger partial charge in [0.2, 0.25) is 0 Å². The lowest BCUT2D eigenvalue weighted by Gasteiger charge is -2.06. The number of benzene rings is 1. The Morgan fingerprint density at radius 2 is 2.21 bits per heavy atom. The number of nitrogens with two attached hydrogens (primary N) is 1. The van der Waals surface area contributed by atoms with E-state index < -0.39 is 0 Å². The summed E-state index contributed by atoms with van der Waals surface area (Å²) in [5, 5.41) is 2.73. The summed E-state index contributed by atoms with van der Waals surface area (Å²) in [6, 6.07) is 8.79. The van der Waals surface area contributed by atoms with Gasteiger partial charge in [-0.3, -0.25) is 4.79 Å². The minimum Gasteiger partial charge on any atom is -0.493 e. The van der Waals surface area contributed by atoms with Crippen molar-refractivity contribution in [3.8, 4) is 5.75 Å². The largest absolute Gasteiger partial charge is 0.493 e.